The minimum Gasteiger partial charge on any atom is -0.493 e. The summed E-state index contributed by atoms with van der Waals surface area (Å²) in [4.78, 5) is -0.443. The van der Waals surface area contributed by atoms with Gasteiger partial charge in [0.1, 0.15) is 0 Å². The lowest BCUT2D eigenvalue weighted by Crippen LogP contribution is -2.31. The molecule has 0 aromatic heterocycles. The normalized spacial score (nSPS) is 18.1. The monoisotopic (exact) mass is 449 g/mol. The summed E-state index contributed by atoms with van der Waals surface area (Å²) in [5.41, 5.74) is -0.504. The van der Waals surface area contributed by atoms with Crippen LogP contribution < -0.4 is 9.47 Å². The van der Waals surface area contributed by atoms with Gasteiger partial charge in [-0.1, -0.05) is 17.7 Å². The smallest absolute Gasteiger partial charge is 0.417 e. The summed E-state index contributed by atoms with van der Waals surface area (Å²) in [7, 11) is -1.21. The van der Waals surface area contributed by atoms with Crippen molar-refractivity contribution in [1.29, 1.82) is 0 Å². The van der Waals surface area contributed by atoms with E-state index in [1.807, 2.05) is 0 Å². The molecule has 29 heavy (non-hydrogen) atoms. The Hall–Kier alpha value is -1.97. The van der Waals surface area contributed by atoms with Crippen molar-refractivity contribution >= 4 is 21.6 Å². The summed E-state index contributed by atoms with van der Waals surface area (Å²) in [6.45, 7) is 0.200. The molecule has 5 nitrogen and oxygen atoms in total. The number of methoxy groups -OCH3 is 2. The SMILES string of the molecule is COc1ccc(C2CCCN2S(=O)(=O)c2ccc(Cl)c(C(F)(F)F)c2)cc1OC. The van der Waals surface area contributed by atoms with E-state index >= 15 is 0 Å². The molecule has 158 valence electrons. The van der Waals surface area contributed by atoms with Crippen LogP contribution >= 0.6 is 11.6 Å². The first-order valence-corrected chi connectivity index (χ1v) is 10.5. The highest BCUT2D eigenvalue weighted by molar-refractivity contribution is 7.89. The van der Waals surface area contributed by atoms with Crippen LogP contribution in [0.2, 0.25) is 5.02 Å². The van der Waals surface area contributed by atoms with Crippen molar-refractivity contribution < 1.29 is 31.1 Å². The van der Waals surface area contributed by atoms with E-state index in [-0.39, 0.29) is 6.54 Å². The predicted octanol–water partition coefficient (Wildman–Crippen LogP) is 4.90. The molecule has 1 heterocycles. The molecule has 1 aliphatic rings. The number of ether oxygens (including phenoxy) is 2. The first kappa shape index (κ1) is 21.7. The van der Waals surface area contributed by atoms with Crippen molar-refractivity contribution in [1.82, 2.24) is 4.31 Å². The van der Waals surface area contributed by atoms with Crippen molar-refractivity contribution in [3.63, 3.8) is 0 Å². The Labute approximate surface area is 172 Å². The number of halogens is 4. The summed E-state index contributed by atoms with van der Waals surface area (Å²) >= 11 is 5.62. The molecule has 2 aromatic rings. The van der Waals surface area contributed by atoms with Crippen molar-refractivity contribution in [2.75, 3.05) is 20.8 Å². The molecule has 0 amide bonds. The molecule has 1 saturated heterocycles. The number of sulfonamides is 1. The number of hydrogen-bond donors (Lipinski definition) is 0. The van der Waals surface area contributed by atoms with Crippen molar-refractivity contribution in [3.8, 4) is 11.5 Å². The van der Waals surface area contributed by atoms with Crippen LogP contribution in [0.4, 0.5) is 13.2 Å². The van der Waals surface area contributed by atoms with Gasteiger partial charge >= 0.3 is 6.18 Å². The first-order chi connectivity index (χ1) is 13.6. The van der Waals surface area contributed by atoms with Gasteiger partial charge in [-0.2, -0.15) is 17.5 Å². The molecule has 3 rings (SSSR count). The average Bonchev–Trinajstić information content (AvgIpc) is 3.17. The second-order valence-electron chi connectivity index (χ2n) is 6.53. The van der Waals surface area contributed by atoms with Gasteiger partial charge in [0, 0.05) is 6.54 Å². The van der Waals surface area contributed by atoms with Crippen LogP contribution in [0, 0.1) is 0 Å². The molecule has 0 spiro atoms. The number of alkyl halides is 3. The molecule has 0 radical (unpaired) electrons. The summed E-state index contributed by atoms with van der Waals surface area (Å²) in [6.07, 6.45) is -3.64. The maximum absolute atomic E-state index is 13.2. The van der Waals surface area contributed by atoms with E-state index in [0.29, 0.717) is 36.0 Å². The molecular weight excluding hydrogens is 431 g/mol. The van der Waals surface area contributed by atoms with Gasteiger partial charge < -0.3 is 9.47 Å². The van der Waals surface area contributed by atoms with E-state index in [4.69, 9.17) is 21.1 Å². The number of hydrogen-bond acceptors (Lipinski definition) is 4. The van der Waals surface area contributed by atoms with Gasteiger partial charge in [-0.15, -0.1) is 0 Å². The Morgan fingerprint density at radius 1 is 1.07 bits per heavy atom. The van der Waals surface area contributed by atoms with Gasteiger partial charge in [-0.3, -0.25) is 0 Å². The second-order valence-corrected chi connectivity index (χ2v) is 8.83. The van der Waals surface area contributed by atoms with Crippen molar-refractivity contribution in [2.24, 2.45) is 0 Å². The van der Waals surface area contributed by atoms with Crippen LogP contribution in [0.25, 0.3) is 0 Å². The third-order valence-corrected chi connectivity index (χ3v) is 7.08. The fourth-order valence-corrected chi connectivity index (χ4v) is 5.37. The molecular formula is C19H19ClF3NO4S. The minimum atomic E-state index is -4.75. The third-order valence-electron chi connectivity index (χ3n) is 4.85. The predicted molar refractivity (Wildman–Crippen MR) is 102 cm³/mol. The van der Waals surface area contributed by atoms with Crippen LogP contribution in [0.15, 0.2) is 41.3 Å². The van der Waals surface area contributed by atoms with Crippen molar-refractivity contribution in [3.05, 3.63) is 52.5 Å². The third kappa shape index (κ3) is 4.17. The summed E-state index contributed by atoms with van der Waals surface area (Å²) in [6, 6.07) is 7.19. The molecule has 1 fully saturated rings. The summed E-state index contributed by atoms with van der Waals surface area (Å²) in [5.74, 6) is 0.941. The van der Waals surface area contributed by atoms with E-state index in [1.54, 1.807) is 18.2 Å². The Morgan fingerprint density at radius 3 is 2.38 bits per heavy atom. The molecule has 1 aliphatic heterocycles. The zero-order valence-electron chi connectivity index (χ0n) is 15.7. The highest BCUT2D eigenvalue weighted by atomic mass is 35.5. The number of nitrogens with zero attached hydrogens (tertiary/aromatic N) is 1. The molecule has 0 N–H and O–H groups in total. The lowest BCUT2D eigenvalue weighted by atomic mass is 10.0. The first-order valence-electron chi connectivity index (χ1n) is 8.70. The topological polar surface area (TPSA) is 55.8 Å². The average molecular weight is 450 g/mol. The van der Waals surface area contributed by atoms with E-state index in [9.17, 15) is 21.6 Å². The fraction of sp³-hybridized carbons (Fsp3) is 0.368. The zero-order chi connectivity index (χ0) is 21.4. The van der Waals surface area contributed by atoms with Gasteiger partial charge in [0.05, 0.1) is 35.7 Å². The van der Waals surface area contributed by atoms with E-state index in [0.717, 1.165) is 12.1 Å². The molecule has 1 unspecified atom stereocenters. The van der Waals surface area contributed by atoms with Gasteiger partial charge in [0.2, 0.25) is 10.0 Å². The Bertz CT molecular complexity index is 1010. The molecule has 0 bridgehead atoms. The van der Waals surface area contributed by atoms with Crippen LogP contribution in [-0.4, -0.2) is 33.5 Å². The van der Waals surface area contributed by atoms with Crippen LogP contribution in [-0.2, 0) is 16.2 Å². The fourth-order valence-electron chi connectivity index (χ4n) is 3.44. The van der Waals surface area contributed by atoms with Crippen LogP contribution in [0.5, 0.6) is 11.5 Å². The highest BCUT2D eigenvalue weighted by Crippen LogP contribution is 2.41. The standard InChI is InChI=1S/C19H19ClF3NO4S/c1-27-17-8-5-12(10-18(17)28-2)16-4-3-9-24(16)29(25,26)13-6-7-15(20)14(11-13)19(21,22)23/h5-8,10-11,16H,3-4,9H2,1-2H3. The molecule has 10 heteroatoms. The van der Waals surface area contributed by atoms with Gasteiger partial charge in [-0.25, -0.2) is 8.42 Å². The van der Waals surface area contributed by atoms with Crippen molar-refractivity contribution in [2.45, 2.75) is 30.0 Å². The van der Waals surface area contributed by atoms with E-state index in [1.165, 1.54) is 18.5 Å². The zero-order valence-corrected chi connectivity index (χ0v) is 17.2. The number of benzene rings is 2. The lowest BCUT2D eigenvalue weighted by molar-refractivity contribution is -0.137. The number of rotatable bonds is 5. The maximum Gasteiger partial charge on any atom is 0.417 e. The second kappa shape index (κ2) is 8.04. The van der Waals surface area contributed by atoms with E-state index < -0.39 is 37.7 Å². The molecule has 0 aliphatic carbocycles. The van der Waals surface area contributed by atoms with Gasteiger partial charge in [0.15, 0.2) is 11.5 Å². The van der Waals surface area contributed by atoms with Gasteiger partial charge in [0.25, 0.3) is 0 Å². The quantitative estimate of drug-likeness (QED) is 0.651. The summed E-state index contributed by atoms with van der Waals surface area (Å²) < 4.78 is 77.5. The van der Waals surface area contributed by atoms with E-state index in [2.05, 4.69) is 0 Å². The van der Waals surface area contributed by atoms with Gasteiger partial charge in [-0.05, 0) is 48.7 Å². The van der Waals surface area contributed by atoms with Crippen LogP contribution in [0.1, 0.15) is 30.0 Å². The Morgan fingerprint density at radius 2 is 1.76 bits per heavy atom. The maximum atomic E-state index is 13.2. The summed E-state index contributed by atoms with van der Waals surface area (Å²) in [5, 5.41) is -0.547. The molecule has 2 aromatic carbocycles. The molecule has 0 saturated carbocycles. The Balaban J connectivity index is 2.01. The highest BCUT2D eigenvalue weighted by Gasteiger charge is 2.39. The minimum absolute atomic E-state index is 0.200. The van der Waals surface area contributed by atoms with Crippen LogP contribution in [0.3, 0.4) is 0 Å². The largest absolute Gasteiger partial charge is 0.493 e. The Kier molecular flexibility index (Phi) is 6.03. The lowest BCUT2D eigenvalue weighted by Gasteiger charge is -2.25. The molecule has 1 atom stereocenters.